The Kier molecular flexibility index (Phi) is 9.14. The first-order valence-electron chi connectivity index (χ1n) is 9.45. The minimum absolute atomic E-state index is 0. The second-order valence-electron chi connectivity index (χ2n) is 6.69. The second-order valence-corrected chi connectivity index (χ2v) is 6.69. The van der Waals surface area contributed by atoms with Crippen molar-refractivity contribution >= 4 is 11.8 Å². The molecule has 0 saturated heterocycles. The van der Waals surface area contributed by atoms with Crippen molar-refractivity contribution in [1.29, 1.82) is 0 Å². The van der Waals surface area contributed by atoms with Gasteiger partial charge in [0.25, 0.3) is 0 Å². The Bertz CT molecular complexity index is 904. The van der Waals surface area contributed by atoms with E-state index in [0.29, 0.717) is 48.7 Å². The number of ether oxygens (including phenoxy) is 2. The monoisotopic (exact) mass is 420 g/mol. The summed E-state index contributed by atoms with van der Waals surface area (Å²) in [5.41, 5.74) is 1.09. The number of aromatic carboxylic acids is 1. The molecule has 0 unspecified atom stereocenters. The van der Waals surface area contributed by atoms with E-state index in [1.165, 1.54) is 19.1 Å². The molecular formula is C22H28O8. The van der Waals surface area contributed by atoms with Crippen LogP contribution in [0.1, 0.15) is 58.5 Å². The highest BCUT2D eigenvalue weighted by Gasteiger charge is 2.16. The SMILES string of the molecule is CCCc1c(OCCCOc2ccc(C(=O)O)c(O)c2C)ccc(C(C)=O)c1O.O. The minimum Gasteiger partial charge on any atom is -0.507 e. The maximum Gasteiger partial charge on any atom is 0.339 e. The van der Waals surface area contributed by atoms with E-state index >= 15 is 0 Å². The third-order valence-electron chi connectivity index (χ3n) is 4.53. The van der Waals surface area contributed by atoms with Crippen LogP contribution in [0.2, 0.25) is 0 Å². The van der Waals surface area contributed by atoms with Crippen LogP contribution >= 0.6 is 0 Å². The summed E-state index contributed by atoms with van der Waals surface area (Å²) < 4.78 is 11.4. The van der Waals surface area contributed by atoms with Crippen LogP contribution in [0.15, 0.2) is 24.3 Å². The Morgan fingerprint density at radius 1 is 0.933 bits per heavy atom. The lowest BCUT2D eigenvalue weighted by Gasteiger charge is -2.15. The summed E-state index contributed by atoms with van der Waals surface area (Å²) in [6.45, 7) is 5.60. The van der Waals surface area contributed by atoms with Gasteiger partial charge in [-0.2, -0.15) is 0 Å². The van der Waals surface area contributed by atoms with Crippen molar-refractivity contribution in [3.63, 3.8) is 0 Å². The van der Waals surface area contributed by atoms with Gasteiger partial charge < -0.3 is 30.3 Å². The summed E-state index contributed by atoms with van der Waals surface area (Å²) in [6, 6.07) is 6.05. The van der Waals surface area contributed by atoms with Crippen molar-refractivity contribution in [2.75, 3.05) is 13.2 Å². The van der Waals surface area contributed by atoms with Gasteiger partial charge in [-0.05, 0) is 44.5 Å². The number of phenolic OH excluding ortho intramolecular Hbond substituents is 1. The molecule has 30 heavy (non-hydrogen) atoms. The summed E-state index contributed by atoms with van der Waals surface area (Å²) in [5.74, 6) is -0.800. The van der Waals surface area contributed by atoms with Crippen LogP contribution in [0.25, 0.3) is 0 Å². The van der Waals surface area contributed by atoms with Crippen molar-refractivity contribution in [2.45, 2.75) is 40.0 Å². The molecule has 0 saturated carbocycles. The van der Waals surface area contributed by atoms with Crippen molar-refractivity contribution in [3.8, 4) is 23.0 Å². The summed E-state index contributed by atoms with van der Waals surface area (Å²) in [4.78, 5) is 22.6. The van der Waals surface area contributed by atoms with Crippen molar-refractivity contribution < 1.29 is 39.9 Å². The lowest BCUT2D eigenvalue weighted by molar-refractivity contribution is 0.0693. The first-order valence-corrected chi connectivity index (χ1v) is 9.45. The van der Waals surface area contributed by atoms with E-state index in [1.54, 1.807) is 19.1 Å². The zero-order valence-electron chi connectivity index (χ0n) is 17.3. The number of ketones is 1. The Morgan fingerprint density at radius 3 is 2.07 bits per heavy atom. The predicted octanol–water partition coefficient (Wildman–Crippen LogP) is 3.28. The predicted molar refractivity (Wildman–Crippen MR) is 111 cm³/mol. The number of aromatic hydroxyl groups is 2. The highest BCUT2D eigenvalue weighted by molar-refractivity contribution is 5.97. The Labute approximate surface area is 175 Å². The molecule has 8 nitrogen and oxygen atoms in total. The van der Waals surface area contributed by atoms with Gasteiger partial charge in [-0.25, -0.2) is 4.79 Å². The van der Waals surface area contributed by atoms with Gasteiger partial charge >= 0.3 is 5.97 Å². The molecule has 0 atom stereocenters. The number of Topliss-reactive ketones (excluding diaryl/α,β-unsaturated/α-hetero) is 1. The van der Waals surface area contributed by atoms with Crippen molar-refractivity contribution in [2.24, 2.45) is 0 Å². The molecule has 0 spiro atoms. The fourth-order valence-electron chi connectivity index (χ4n) is 2.96. The average Bonchev–Trinajstić information content (AvgIpc) is 2.66. The molecule has 0 heterocycles. The normalized spacial score (nSPS) is 10.2. The zero-order chi connectivity index (χ0) is 21.6. The van der Waals surface area contributed by atoms with E-state index in [1.807, 2.05) is 6.92 Å². The number of carbonyl (C=O) groups excluding carboxylic acids is 1. The van der Waals surface area contributed by atoms with E-state index in [4.69, 9.17) is 14.6 Å². The fourth-order valence-corrected chi connectivity index (χ4v) is 2.96. The van der Waals surface area contributed by atoms with E-state index in [9.17, 15) is 19.8 Å². The summed E-state index contributed by atoms with van der Waals surface area (Å²) in [7, 11) is 0. The first-order chi connectivity index (χ1) is 13.8. The molecule has 5 N–H and O–H groups in total. The molecule has 8 heteroatoms. The number of hydrogen-bond acceptors (Lipinski definition) is 6. The third-order valence-corrected chi connectivity index (χ3v) is 4.53. The maximum absolute atomic E-state index is 11.6. The van der Waals surface area contributed by atoms with E-state index in [0.717, 1.165) is 6.42 Å². The summed E-state index contributed by atoms with van der Waals surface area (Å²) >= 11 is 0. The number of carbonyl (C=O) groups is 2. The number of phenols is 2. The summed E-state index contributed by atoms with van der Waals surface area (Å²) in [5, 5.41) is 29.3. The topological polar surface area (TPSA) is 145 Å². The van der Waals surface area contributed by atoms with Gasteiger partial charge in [-0.15, -0.1) is 0 Å². The van der Waals surface area contributed by atoms with Gasteiger partial charge in [0.1, 0.15) is 28.6 Å². The molecule has 0 bridgehead atoms. The van der Waals surface area contributed by atoms with Crippen LogP contribution in [-0.2, 0) is 6.42 Å². The summed E-state index contributed by atoms with van der Waals surface area (Å²) in [6.07, 6.45) is 1.92. The zero-order valence-corrected chi connectivity index (χ0v) is 17.3. The van der Waals surface area contributed by atoms with Crippen LogP contribution < -0.4 is 9.47 Å². The van der Waals surface area contributed by atoms with Gasteiger partial charge in [-0.3, -0.25) is 4.79 Å². The van der Waals surface area contributed by atoms with E-state index in [2.05, 4.69) is 0 Å². The fraction of sp³-hybridized carbons (Fsp3) is 0.364. The largest absolute Gasteiger partial charge is 0.507 e. The molecule has 0 aliphatic carbocycles. The number of rotatable bonds is 10. The Balaban J connectivity index is 0.00000450. The molecule has 0 amide bonds. The highest BCUT2D eigenvalue weighted by atomic mass is 16.5. The van der Waals surface area contributed by atoms with Crippen LogP contribution in [0.5, 0.6) is 23.0 Å². The standard InChI is InChI=1S/C22H26O7.H2O/c1-4-6-16-19(10-7-15(14(3)23)21(16)25)29-12-5-11-28-18-9-8-17(22(26)27)20(24)13(18)2;/h7-10,24-25H,4-6,11-12H2,1-3H3,(H,26,27);1H2. The Morgan fingerprint density at radius 2 is 1.50 bits per heavy atom. The lowest BCUT2D eigenvalue weighted by atomic mass is 10.0. The van der Waals surface area contributed by atoms with Crippen molar-refractivity contribution in [3.05, 3.63) is 46.5 Å². The minimum atomic E-state index is -1.20. The third kappa shape index (κ3) is 5.64. The number of carboxylic acids is 1. The molecule has 0 fully saturated rings. The first kappa shape index (κ1) is 24.8. The van der Waals surface area contributed by atoms with Crippen molar-refractivity contribution in [1.82, 2.24) is 0 Å². The molecule has 2 aromatic carbocycles. The molecule has 0 aliphatic rings. The van der Waals surface area contributed by atoms with Crippen LogP contribution in [0, 0.1) is 6.92 Å². The quantitative estimate of drug-likeness (QED) is 0.395. The van der Waals surface area contributed by atoms with Crippen LogP contribution in [0.3, 0.4) is 0 Å². The van der Waals surface area contributed by atoms with Crippen LogP contribution in [-0.4, -0.2) is 45.8 Å². The van der Waals surface area contributed by atoms with Gasteiger partial charge in [0.2, 0.25) is 0 Å². The van der Waals surface area contributed by atoms with Gasteiger partial charge in [0.05, 0.1) is 18.8 Å². The molecule has 0 aromatic heterocycles. The highest BCUT2D eigenvalue weighted by Crippen LogP contribution is 2.33. The molecular weight excluding hydrogens is 392 g/mol. The molecule has 164 valence electrons. The Hall–Kier alpha value is -3.26. The van der Waals surface area contributed by atoms with Gasteiger partial charge in [0.15, 0.2) is 5.78 Å². The van der Waals surface area contributed by atoms with E-state index < -0.39 is 5.97 Å². The average molecular weight is 420 g/mol. The molecule has 2 aromatic rings. The van der Waals surface area contributed by atoms with Gasteiger partial charge in [-0.1, -0.05) is 13.3 Å². The number of carboxylic acid groups (broad SMARTS) is 1. The smallest absolute Gasteiger partial charge is 0.339 e. The maximum atomic E-state index is 11.6. The van der Waals surface area contributed by atoms with Gasteiger partial charge in [0, 0.05) is 17.5 Å². The lowest BCUT2D eigenvalue weighted by Crippen LogP contribution is -2.08. The molecule has 0 radical (unpaired) electrons. The molecule has 2 rings (SSSR count). The van der Waals surface area contributed by atoms with E-state index in [-0.39, 0.29) is 33.9 Å². The number of benzene rings is 2. The number of hydrogen-bond donors (Lipinski definition) is 3. The van der Waals surface area contributed by atoms with Crippen LogP contribution in [0.4, 0.5) is 0 Å². The molecule has 0 aliphatic heterocycles. The second kappa shape index (κ2) is 11.1.